The van der Waals surface area contributed by atoms with Crippen LogP contribution >= 0.6 is 11.6 Å². The molecule has 0 heterocycles. The van der Waals surface area contributed by atoms with Gasteiger partial charge in [0, 0.05) is 6.07 Å². The van der Waals surface area contributed by atoms with E-state index in [1.54, 1.807) is 0 Å². The van der Waals surface area contributed by atoms with E-state index in [1.165, 1.54) is 6.07 Å². The second-order valence-electron chi connectivity index (χ2n) is 3.55. The van der Waals surface area contributed by atoms with E-state index >= 15 is 0 Å². The van der Waals surface area contributed by atoms with Crippen LogP contribution in [0, 0.1) is 10.1 Å². The number of nitrogens with one attached hydrogen (secondary N) is 1. The summed E-state index contributed by atoms with van der Waals surface area (Å²) in [6, 6.07) is 3.25. The van der Waals surface area contributed by atoms with E-state index < -0.39 is 31.9 Å². The number of anilines is 1. The smallest absolute Gasteiger partial charge is 0.323 e. The van der Waals surface area contributed by atoms with Crippen molar-refractivity contribution in [3.05, 3.63) is 33.3 Å². The Hall–Kier alpha value is -1.87. The Morgan fingerprint density at radius 2 is 2.11 bits per heavy atom. The van der Waals surface area contributed by atoms with Gasteiger partial charge in [-0.2, -0.15) is 0 Å². The number of benzene rings is 1. The van der Waals surface area contributed by atoms with E-state index in [-0.39, 0.29) is 10.7 Å². The maximum atomic E-state index is 11.6. The molecule has 10 heteroatoms. The number of rotatable bonds is 5. The molecule has 0 amide bonds. The number of hydrogen-bond acceptors (Lipinski definition) is 5. The number of carbonyl (C=O) groups is 1. The number of carboxylic acids is 1. The molecular weight excluding hydrogens is 300 g/mol. The largest absolute Gasteiger partial charge is 0.480 e. The van der Waals surface area contributed by atoms with Gasteiger partial charge in [-0.25, -0.2) is 8.42 Å². The Kier molecular flexibility index (Phi) is 4.32. The average molecular weight is 309 g/mol. The standard InChI is InChI=1S/C9H9ClN2O6S/c1-5(9(13)14)19(17,18)11-6-2-3-7(10)8(4-6)12(15)16/h2-5,11H,1H3,(H,13,14). The summed E-state index contributed by atoms with van der Waals surface area (Å²) < 4.78 is 25.2. The van der Waals surface area contributed by atoms with Gasteiger partial charge in [0.15, 0.2) is 5.25 Å². The van der Waals surface area contributed by atoms with Gasteiger partial charge >= 0.3 is 5.97 Å². The molecule has 2 N–H and O–H groups in total. The van der Waals surface area contributed by atoms with Crippen molar-refractivity contribution in [3.8, 4) is 0 Å². The van der Waals surface area contributed by atoms with E-state index in [2.05, 4.69) is 0 Å². The minimum Gasteiger partial charge on any atom is -0.480 e. The summed E-state index contributed by atoms with van der Waals surface area (Å²) in [6.07, 6.45) is 0. The molecule has 1 aromatic carbocycles. The minimum atomic E-state index is -4.18. The van der Waals surface area contributed by atoms with Crippen LogP contribution in [-0.4, -0.2) is 29.7 Å². The Labute approximate surface area is 113 Å². The molecule has 0 aliphatic rings. The van der Waals surface area contributed by atoms with Crippen LogP contribution in [0.1, 0.15) is 6.92 Å². The summed E-state index contributed by atoms with van der Waals surface area (Å²) in [5, 5.41) is 17.4. The van der Waals surface area contributed by atoms with E-state index in [0.717, 1.165) is 19.1 Å². The monoisotopic (exact) mass is 308 g/mol. The van der Waals surface area contributed by atoms with Gasteiger partial charge in [0.1, 0.15) is 5.02 Å². The summed E-state index contributed by atoms with van der Waals surface area (Å²) >= 11 is 5.56. The number of hydrogen-bond donors (Lipinski definition) is 2. The fourth-order valence-corrected chi connectivity index (χ4v) is 2.19. The molecule has 0 fully saturated rings. The number of nitro groups is 1. The molecule has 8 nitrogen and oxygen atoms in total. The zero-order valence-electron chi connectivity index (χ0n) is 9.53. The first kappa shape index (κ1) is 15.2. The Bertz CT molecular complexity index is 630. The molecule has 0 saturated carbocycles. The van der Waals surface area contributed by atoms with Gasteiger partial charge in [-0.1, -0.05) is 11.6 Å². The topological polar surface area (TPSA) is 127 Å². The van der Waals surface area contributed by atoms with E-state index in [4.69, 9.17) is 16.7 Å². The Morgan fingerprint density at radius 1 is 1.53 bits per heavy atom. The summed E-state index contributed by atoms with van der Waals surface area (Å²) in [6.45, 7) is 0.981. The lowest BCUT2D eigenvalue weighted by Crippen LogP contribution is -2.32. The van der Waals surface area contributed by atoms with Crippen molar-refractivity contribution in [2.24, 2.45) is 0 Å². The fraction of sp³-hybridized carbons (Fsp3) is 0.222. The quantitative estimate of drug-likeness (QED) is 0.626. The maximum absolute atomic E-state index is 11.6. The molecule has 0 spiro atoms. The van der Waals surface area contributed by atoms with E-state index in [9.17, 15) is 23.3 Å². The van der Waals surface area contributed by atoms with Crippen molar-refractivity contribution in [1.82, 2.24) is 0 Å². The number of carboxylic acid groups (broad SMARTS) is 1. The molecular formula is C9H9ClN2O6S. The first-order valence-corrected chi connectivity index (χ1v) is 6.76. The highest BCUT2D eigenvalue weighted by molar-refractivity contribution is 7.94. The van der Waals surface area contributed by atoms with Crippen LogP contribution in [0.15, 0.2) is 18.2 Å². The van der Waals surface area contributed by atoms with Crippen molar-refractivity contribution in [2.45, 2.75) is 12.2 Å². The fourth-order valence-electron chi connectivity index (χ4n) is 1.10. The third-order valence-electron chi connectivity index (χ3n) is 2.22. The van der Waals surface area contributed by atoms with Crippen molar-refractivity contribution >= 4 is 39.0 Å². The molecule has 1 rings (SSSR count). The molecule has 0 saturated heterocycles. The van der Waals surface area contributed by atoms with Crippen LogP contribution in [0.25, 0.3) is 0 Å². The number of halogens is 1. The van der Waals surface area contributed by atoms with Gasteiger partial charge in [0.25, 0.3) is 5.69 Å². The number of nitro benzene ring substituents is 1. The Balaban J connectivity index is 3.11. The molecule has 0 aliphatic heterocycles. The third-order valence-corrected chi connectivity index (χ3v) is 4.19. The molecule has 0 radical (unpaired) electrons. The molecule has 19 heavy (non-hydrogen) atoms. The summed E-state index contributed by atoms with van der Waals surface area (Å²) in [5.74, 6) is -1.53. The molecule has 1 unspecified atom stereocenters. The molecule has 0 bridgehead atoms. The minimum absolute atomic E-state index is 0.135. The molecule has 104 valence electrons. The van der Waals surface area contributed by atoms with Crippen LogP contribution in [0.3, 0.4) is 0 Å². The van der Waals surface area contributed by atoms with Gasteiger partial charge in [-0.3, -0.25) is 19.6 Å². The van der Waals surface area contributed by atoms with Gasteiger partial charge < -0.3 is 5.11 Å². The number of aliphatic carboxylic acids is 1. The van der Waals surface area contributed by atoms with E-state index in [0.29, 0.717) is 0 Å². The average Bonchev–Trinajstić information content (AvgIpc) is 2.29. The highest BCUT2D eigenvalue weighted by Gasteiger charge is 2.28. The summed E-state index contributed by atoms with van der Waals surface area (Å²) in [7, 11) is -4.18. The molecule has 1 aromatic rings. The second kappa shape index (κ2) is 5.41. The first-order chi connectivity index (χ1) is 8.65. The van der Waals surface area contributed by atoms with Crippen LogP contribution < -0.4 is 4.72 Å². The summed E-state index contributed by atoms with van der Waals surface area (Å²) in [5.41, 5.74) is -0.617. The zero-order chi connectivity index (χ0) is 14.8. The predicted octanol–water partition coefficient (Wildman–Crippen LogP) is 1.46. The molecule has 1 atom stereocenters. The lowest BCUT2D eigenvalue weighted by Gasteiger charge is -2.11. The van der Waals surface area contributed by atoms with E-state index in [1.807, 2.05) is 4.72 Å². The van der Waals surface area contributed by atoms with Crippen molar-refractivity contribution in [1.29, 1.82) is 0 Å². The van der Waals surface area contributed by atoms with Crippen LogP contribution in [0.4, 0.5) is 11.4 Å². The highest BCUT2D eigenvalue weighted by atomic mass is 35.5. The number of sulfonamides is 1. The Morgan fingerprint density at radius 3 is 2.58 bits per heavy atom. The van der Waals surface area contributed by atoms with Crippen LogP contribution in [0.2, 0.25) is 5.02 Å². The zero-order valence-corrected chi connectivity index (χ0v) is 11.1. The normalized spacial score (nSPS) is 12.7. The lowest BCUT2D eigenvalue weighted by atomic mass is 10.3. The third kappa shape index (κ3) is 3.55. The van der Waals surface area contributed by atoms with Crippen LogP contribution in [0.5, 0.6) is 0 Å². The van der Waals surface area contributed by atoms with Crippen molar-refractivity contribution < 1.29 is 23.2 Å². The molecule has 0 aromatic heterocycles. The van der Waals surface area contributed by atoms with Crippen molar-refractivity contribution in [3.63, 3.8) is 0 Å². The van der Waals surface area contributed by atoms with Gasteiger partial charge in [0.05, 0.1) is 10.6 Å². The summed E-state index contributed by atoms with van der Waals surface area (Å²) in [4.78, 5) is 20.5. The highest BCUT2D eigenvalue weighted by Crippen LogP contribution is 2.28. The molecule has 0 aliphatic carbocycles. The number of nitrogens with zero attached hydrogens (tertiary/aromatic N) is 1. The van der Waals surface area contributed by atoms with Crippen LogP contribution in [-0.2, 0) is 14.8 Å². The van der Waals surface area contributed by atoms with Gasteiger partial charge in [-0.15, -0.1) is 0 Å². The van der Waals surface area contributed by atoms with Gasteiger partial charge in [0.2, 0.25) is 10.0 Å². The lowest BCUT2D eigenvalue weighted by molar-refractivity contribution is -0.384. The maximum Gasteiger partial charge on any atom is 0.323 e. The van der Waals surface area contributed by atoms with Gasteiger partial charge in [-0.05, 0) is 19.1 Å². The second-order valence-corrected chi connectivity index (χ2v) is 5.96. The first-order valence-electron chi connectivity index (χ1n) is 4.83. The predicted molar refractivity (Wildman–Crippen MR) is 67.7 cm³/mol. The SMILES string of the molecule is CC(C(=O)O)S(=O)(=O)Nc1ccc(Cl)c([N+](=O)[O-])c1. The van der Waals surface area contributed by atoms with Crippen molar-refractivity contribution in [2.75, 3.05) is 4.72 Å².